The van der Waals surface area contributed by atoms with Crippen LogP contribution in [0.5, 0.6) is 0 Å². The SMILES string of the molecule is CN1CCC2(CC1)OCCc1sc(C(=O)NCC(=O)NC3CC3)cc12. The molecule has 3 aliphatic rings. The standard InChI is InChI=1S/C18H25N3O3S/c1-21-7-5-18(6-8-21)13-10-15(25-14(13)4-9-24-18)17(23)19-11-16(22)20-12-2-3-12/h10,12H,2-9,11H2,1H3,(H,19,23)(H,20,22). The number of carbonyl (C=O) groups excluding carboxylic acids is 2. The predicted molar refractivity (Wildman–Crippen MR) is 95.9 cm³/mol. The van der Waals surface area contributed by atoms with Gasteiger partial charge in [-0.15, -0.1) is 11.3 Å². The first-order chi connectivity index (χ1) is 12.1. The van der Waals surface area contributed by atoms with Crippen molar-refractivity contribution in [2.75, 3.05) is 33.3 Å². The van der Waals surface area contributed by atoms with E-state index >= 15 is 0 Å². The molecule has 1 aromatic rings. The molecule has 0 atom stereocenters. The molecule has 1 aliphatic carbocycles. The van der Waals surface area contributed by atoms with E-state index in [-0.39, 0.29) is 24.0 Å². The molecule has 0 aromatic carbocycles. The molecule has 0 bridgehead atoms. The summed E-state index contributed by atoms with van der Waals surface area (Å²) in [6.45, 7) is 2.79. The van der Waals surface area contributed by atoms with Gasteiger partial charge in [-0.25, -0.2) is 0 Å². The molecule has 136 valence electrons. The van der Waals surface area contributed by atoms with Crippen molar-refractivity contribution in [1.82, 2.24) is 15.5 Å². The molecule has 3 heterocycles. The fourth-order valence-corrected chi connectivity index (χ4v) is 4.82. The van der Waals surface area contributed by atoms with Crippen molar-refractivity contribution in [3.05, 3.63) is 21.4 Å². The van der Waals surface area contributed by atoms with E-state index in [1.807, 2.05) is 6.07 Å². The number of amides is 2. The second-order valence-electron chi connectivity index (χ2n) is 7.37. The Morgan fingerprint density at radius 3 is 2.84 bits per heavy atom. The van der Waals surface area contributed by atoms with Gasteiger partial charge >= 0.3 is 0 Å². The van der Waals surface area contributed by atoms with Crippen molar-refractivity contribution in [3.63, 3.8) is 0 Å². The van der Waals surface area contributed by atoms with E-state index in [0.717, 1.165) is 51.8 Å². The smallest absolute Gasteiger partial charge is 0.261 e. The van der Waals surface area contributed by atoms with Crippen LogP contribution in [0.25, 0.3) is 0 Å². The predicted octanol–water partition coefficient (Wildman–Crippen LogP) is 1.25. The number of piperidine rings is 1. The lowest BCUT2D eigenvalue weighted by atomic mass is 9.82. The molecular formula is C18H25N3O3S. The summed E-state index contributed by atoms with van der Waals surface area (Å²) >= 11 is 1.55. The first-order valence-electron chi connectivity index (χ1n) is 9.09. The van der Waals surface area contributed by atoms with Crippen LogP contribution < -0.4 is 10.6 Å². The van der Waals surface area contributed by atoms with Gasteiger partial charge in [0.25, 0.3) is 5.91 Å². The lowest BCUT2D eigenvalue weighted by Crippen LogP contribution is -2.44. The zero-order valence-electron chi connectivity index (χ0n) is 14.6. The fraction of sp³-hybridized carbons (Fsp3) is 0.667. The van der Waals surface area contributed by atoms with Crippen LogP contribution in [-0.4, -0.2) is 56.0 Å². The molecule has 1 spiro atoms. The molecule has 2 fully saturated rings. The Morgan fingerprint density at radius 2 is 2.12 bits per heavy atom. The molecule has 25 heavy (non-hydrogen) atoms. The van der Waals surface area contributed by atoms with Gasteiger partial charge in [0.1, 0.15) is 0 Å². The third-order valence-corrected chi connectivity index (χ3v) is 6.57. The van der Waals surface area contributed by atoms with Crippen LogP contribution in [-0.2, 0) is 21.6 Å². The largest absolute Gasteiger partial charge is 0.370 e. The minimum absolute atomic E-state index is 0.0460. The normalized spacial score (nSPS) is 22.4. The maximum atomic E-state index is 12.5. The van der Waals surface area contributed by atoms with Gasteiger partial charge in [-0.3, -0.25) is 9.59 Å². The van der Waals surface area contributed by atoms with Gasteiger partial charge in [-0.2, -0.15) is 0 Å². The van der Waals surface area contributed by atoms with Crippen LogP contribution in [0.3, 0.4) is 0 Å². The van der Waals surface area contributed by atoms with Gasteiger partial charge in [0, 0.05) is 30.4 Å². The average Bonchev–Trinajstić information content (AvgIpc) is 3.30. The highest BCUT2D eigenvalue weighted by atomic mass is 32.1. The van der Waals surface area contributed by atoms with Crippen molar-refractivity contribution in [2.24, 2.45) is 0 Å². The number of likely N-dealkylation sites (tertiary alicyclic amines) is 1. The van der Waals surface area contributed by atoms with Crippen LogP contribution in [0.1, 0.15) is 45.8 Å². The number of nitrogens with one attached hydrogen (secondary N) is 2. The summed E-state index contributed by atoms with van der Waals surface area (Å²) in [6.07, 6.45) is 4.91. The van der Waals surface area contributed by atoms with Crippen LogP contribution in [0.4, 0.5) is 0 Å². The number of carbonyl (C=O) groups is 2. The summed E-state index contributed by atoms with van der Waals surface area (Å²) in [7, 11) is 2.13. The third kappa shape index (κ3) is 3.59. The summed E-state index contributed by atoms with van der Waals surface area (Å²) in [5, 5.41) is 5.64. The summed E-state index contributed by atoms with van der Waals surface area (Å²) < 4.78 is 6.21. The van der Waals surface area contributed by atoms with E-state index in [1.54, 1.807) is 11.3 Å². The maximum Gasteiger partial charge on any atom is 0.261 e. The molecule has 1 aromatic heterocycles. The highest BCUT2D eigenvalue weighted by Gasteiger charge is 2.41. The number of thiophene rings is 1. The Labute approximate surface area is 151 Å². The Kier molecular flexibility index (Phi) is 4.56. The minimum Gasteiger partial charge on any atom is -0.370 e. The van der Waals surface area contributed by atoms with Crippen LogP contribution in [0.15, 0.2) is 6.07 Å². The van der Waals surface area contributed by atoms with E-state index in [4.69, 9.17) is 4.74 Å². The molecule has 2 amide bonds. The Morgan fingerprint density at radius 1 is 1.36 bits per heavy atom. The van der Waals surface area contributed by atoms with Crippen molar-refractivity contribution in [2.45, 2.75) is 43.7 Å². The number of rotatable bonds is 4. The summed E-state index contributed by atoms with van der Waals surface area (Å²) in [5.74, 6) is -0.263. The van der Waals surface area contributed by atoms with Crippen molar-refractivity contribution in [1.29, 1.82) is 0 Å². The van der Waals surface area contributed by atoms with Crippen LogP contribution in [0.2, 0.25) is 0 Å². The monoisotopic (exact) mass is 363 g/mol. The van der Waals surface area contributed by atoms with Crippen molar-refractivity contribution >= 4 is 23.2 Å². The molecule has 0 unspecified atom stereocenters. The first-order valence-corrected chi connectivity index (χ1v) is 9.91. The lowest BCUT2D eigenvalue weighted by molar-refractivity contribution is -0.120. The molecule has 7 heteroatoms. The van der Waals surface area contributed by atoms with Gasteiger partial charge in [0.05, 0.1) is 23.6 Å². The average molecular weight is 363 g/mol. The second kappa shape index (κ2) is 6.70. The van der Waals surface area contributed by atoms with Gasteiger partial charge in [-0.1, -0.05) is 0 Å². The van der Waals surface area contributed by atoms with Crippen molar-refractivity contribution in [3.8, 4) is 0 Å². The van der Waals surface area contributed by atoms with E-state index in [1.165, 1.54) is 10.4 Å². The molecule has 1 saturated heterocycles. The minimum atomic E-state index is -0.224. The van der Waals surface area contributed by atoms with E-state index in [9.17, 15) is 9.59 Å². The van der Waals surface area contributed by atoms with E-state index in [2.05, 4.69) is 22.6 Å². The Bertz CT molecular complexity index is 675. The zero-order valence-corrected chi connectivity index (χ0v) is 15.4. The van der Waals surface area contributed by atoms with Crippen molar-refractivity contribution < 1.29 is 14.3 Å². The van der Waals surface area contributed by atoms with Crippen LogP contribution >= 0.6 is 11.3 Å². The van der Waals surface area contributed by atoms with Gasteiger partial charge in [0.15, 0.2) is 0 Å². The highest BCUT2D eigenvalue weighted by Crippen LogP contribution is 2.44. The highest BCUT2D eigenvalue weighted by molar-refractivity contribution is 7.14. The fourth-order valence-electron chi connectivity index (χ4n) is 3.68. The van der Waals surface area contributed by atoms with Crippen LogP contribution in [0, 0.1) is 0 Å². The Balaban J connectivity index is 1.44. The first kappa shape index (κ1) is 17.0. The number of fused-ring (bicyclic) bond motifs is 2. The number of ether oxygens (including phenoxy) is 1. The van der Waals surface area contributed by atoms with E-state index in [0.29, 0.717) is 10.9 Å². The Hall–Kier alpha value is -1.44. The maximum absolute atomic E-state index is 12.5. The molecule has 0 radical (unpaired) electrons. The van der Waals surface area contributed by atoms with E-state index < -0.39 is 0 Å². The molecule has 2 N–H and O–H groups in total. The lowest BCUT2D eigenvalue weighted by Gasteiger charge is -2.43. The summed E-state index contributed by atoms with van der Waals surface area (Å²) in [6, 6.07) is 2.32. The molecule has 1 saturated carbocycles. The molecular weight excluding hydrogens is 338 g/mol. The second-order valence-corrected chi connectivity index (χ2v) is 8.50. The quantitative estimate of drug-likeness (QED) is 0.845. The number of hydrogen-bond donors (Lipinski definition) is 2. The third-order valence-electron chi connectivity index (χ3n) is 5.38. The van der Waals surface area contributed by atoms with Gasteiger partial charge < -0.3 is 20.3 Å². The van der Waals surface area contributed by atoms with Gasteiger partial charge in [-0.05, 0) is 44.4 Å². The topological polar surface area (TPSA) is 70.7 Å². The number of hydrogen-bond acceptors (Lipinski definition) is 5. The van der Waals surface area contributed by atoms with Gasteiger partial charge in [0.2, 0.25) is 5.91 Å². The summed E-state index contributed by atoms with van der Waals surface area (Å²) in [4.78, 5) is 28.5. The molecule has 2 aliphatic heterocycles. The zero-order chi connectivity index (χ0) is 17.4. The molecule has 4 rings (SSSR count). The summed E-state index contributed by atoms with van der Waals surface area (Å²) in [5.41, 5.74) is 0.975. The molecule has 6 nitrogen and oxygen atoms in total. The number of nitrogens with zero attached hydrogens (tertiary/aromatic N) is 1.